The quantitative estimate of drug-likeness (QED) is 0.167. The molecule has 5 saturated carbocycles. The van der Waals surface area contributed by atoms with Gasteiger partial charge in [0.25, 0.3) is 0 Å². The maximum Gasteiger partial charge on any atom is 0.161 e. The van der Waals surface area contributed by atoms with Crippen molar-refractivity contribution < 1.29 is 56.8 Å². The first kappa shape index (κ1) is 53.1. The number of benzene rings is 4. The average molecular weight is 1050 g/mol. The maximum atomic E-state index is 7.70. The third kappa shape index (κ3) is 12.4. The third-order valence-electron chi connectivity index (χ3n) is 18.6. The second-order valence-corrected chi connectivity index (χ2v) is 22.6. The van der Waals surface area contributed by atoms with E-state index in [2.05, 4.69) is 12.1 Å². The predicted octanol–water partition coefficient (Wildman–Crippen LogP) is 12.6. The lowest BCUT2D eigenvalue weighted by atomic mass is 9.54. The number of rotatable bonds is 0. The van der Waals surface area contributed by atoms with Crippen LogP contribution >= 0.6 is 0 Å². The van der Waals surface area contributed by atoms with Crippen molar-refractivity contribution in [3.63, 3.8) is 0 Å². The molecule has 2 spiro atoms. The Kier molecular flexibility index (Phi) is 18.3. The molecular formula is C64H84O12. The smallest absolute Gasteiger partial charge is 0.161 e. The first-order valence-electron chi connectivity index (χ1n) is 29.5. The van der Waals surface area contributed by atoms with Crippen molar-refractivity contribution in [2.45, 2.75) is 114 Å². The molecule has 4 bridgehead atoms. The minimum Gasteiger partial charge on any atom is -0.490 e. The van der Waals surface area contributed by atoms with Crippen molar-refractivity contribution in [1.29, 1.82) is 0 Å². The molecule has 0 aromatic heterocycles. The van der Waals surface area contributed by atoms with E-state index in [1.165, 1.54) is 64.2 Å². The summed E-state index contributed by atoms with van der Waals surface area (Å²) in [4.78, 5) is 0. The van der Waals surface area contributed by atoms with Gasteiger partial charge in [0.05, 0.1) is 51.8 Å². The summed E-state index contributed by atoms with van der Waals surface area (Å²) in [7, 11) is 0. The zero-order valence-corrected chi connectivity index (χ0v) is 45.0. The summed E-state index contributed by atoms with van der Waals surface area (Å²) in [6.07, 6.45) is 18.8. The van der Waals surface area contributed by atoms with Crippen LogP contribution < -0.4 is 37.9 Å². The highest BCUT2D eigenvalue weighted by molar-refractivity contribution is 5.42. The minimum absolute atomic E-state index is 0.312. The Morgan fingerprint density at radius 1 is 0.303 bits per heavy atom. The first-order valence-corrected chi connectivity index (χ1v) is 29.5. The summed E-state index contributed by atoms with van der Waals surface area (Å²) < 4.78 is 79.6. The molecule has 4 aromatic carbocycles. The normalized spacial score (nSPS) is 32.4. The molecule has 0 N–H and O–H groups in total. The molecule has 5 fully saturated rings. The lowest BCUT2D eigenvalue weighted by Gasteiger charge is -2.56. The van der Waals surface area contributed by atoms with E-state index in [9.17, 15) is 0 Å². The van der Waals surface area contributed by atoms with Crippen LogP contribution in [0.3, 0.4) is 0 Å². The van der Waals surface area contributed by atoms with E-state index in [1.807, 2.05) is 84.9 Å². The van der Waals surface area contributed by atoms with Gasteiger partial charge in [-0.1, -0.05) is 93.5 Å². The number of para-hydroxylation sites is 8. The number of fused-ring (bicyclic) bond motifs is 16. The highest BCUT2D eigenvalue weighted by Gasteiger charge is 2.59. The number of hydrogen-bond donors (Lipinski definition) is 0. The van der Waals surface area contributed by atoms with Crippen LogP contribution in [0, 0.1) is 47.3 Å². The predicted molar refractivity (Wildman–Crippen MR) is 291 cm³/mol. The van der Waals surface area contributed by atoms with E-state index >= 15 is 0 Å². The highest BCUT2D eigenvalue weighted by atomic mass is 16.6. The van der Waals surface area contributed by atoms with Crippen LogP contribution in [0.2, 0.25) is 0 Å². The molecule has 5 aliphatic carbocycles. The molecule has 412 valence electrons. The van der Waals surface area contributed by atoms with Gasteiger partial charge < -0.3 is 56.8 Å². The van der Waals surface area contributed by atoms with Crippen LogP contribution in [0.15, 0.2) is 97.1 Å². The standard InChI is InChI=1S/C64H84O12/c1-3-16-49-44-48(15-1)52-28-29-54-51(18-13-19-53(52)63(49)30-31-67-55-20-5-6-21-56(55)68-36-32-65-33-37-69-57-22-7-9-24-59(57)72-40-42-75-63)47-14-2-4-17-50(45-47)64(54)46-74-62-27-12-11-26-61(62)71-39-35-66-34-38-70-58-23-8-10-25-60(58)73-41-43-76-64/h5-12,20-27,47-54H,1-4,13-19,28-46H2/t47?,48?,49-,50-,51+,52+,53?,54?,63+,64?/m1/s1. The molecule has 10 atom stereocenters. The molecule has 4 aromatic rings. The lowest BCUT2D eigenvalue weighted by molar-refractivity contribution is -0.200. The van der Waals surface area contributed by atoms with Gasteiger partial charge in [0.2, 0.25) is 0 Å². The average Bonchev–Trinajstić information content (AvgIpc) is 3.79. The molecule has 7 aliphatic rings. The summed E-state index contributed by atoms with van der Waals surface area (Å²) in [5, 5.41) is 0. The fourth-order valence-corrected chi connectivity index (χ4v) is 15.4. The molecule has 2 aliphatic heterocycles. The van der Waals surface area contributed by atoms with Crippen molar-refractivity contribution in [3.8, 4) is 46.0 Å². The second-order valence-electron chi connectivity index (χ2n) is 22.6. The lowest BCUT2D eigenvalue weighted by Crippen LogP contribution is -2.59. The molecule has 0 radical (unpaired) electrons. The Morgan fingerprint density at radius 3 is 1.14 bits per heavy atom. The van der Waals surface area contributed by atoms with Crippen LogP contribution in [0.4, 0.5) is 0 Å². The third-order valence-corrected chi connectivity index (χ3v) is 18.6. The van der Waals surface area contributed by atoms with Crippen LogP contribution in [-0.2, 0) is 18.9 Å². The summed E-state index contributed by atoms with van der Waals surface area (Å²) in [5.41, 5.74) is -0.906. The van der Waals surface area contributed by atoms with Gasteiger partial charge in [-0.25, -0.2) is 0 Å². The van der Waals surface area contributed by atoms with Gasteiger partial charge in [-0.2, -0.15) is 0 Å². The fourth-order valence-electron chi connectivity index (χ4n) is 15.4. The maximum absolute atomic E-state index is 7.70. The molecule has 0 amide bonds. The van der Waals surface area contributed by atoms with Crippen molar-refractivity contribution >= 4 is 0 Å². The van der Waals surface area contributed by atoms with Gasteiger partial charge in [0.1, 0.15) is 51.8 Å². The van der Waals surface area contributed by atoms with Crippen LogP contribution in [0.1, 0.15) is 103 Å². The highest BCUT2D eigenvalue weighted by Crippen LogP contribution is 2.61. The van der Waals surface area contributed by atoms with Crippen molar-refractivity contribution in [2.24, 2.45) is 47.3 Å². The molecule has 2 heterocycles. The van der Waals surface area contributed by atoms with E-state index < -0.39 is 5.60 Å². The van der Waals surface area contributed by atoms with E-state index in [4.69, 9.17) is 56.8 Å². The minimum atomic E-state index is -0.521. The van der Waals surface area contributed by atoms with Crippen molar-refractivity contribution in [2.75, 3.05) is 92.5 Å². The van der Waals surface area contributed by atoms with E-state index in [-0.39, 0.29) is 5.60 Å². The van der Waals surface area contributed by atoms with E-state index in [0.717, 1.165) is 78.8 Å². The zero-order valence-electron chi connectivity index (χ0n) is 45.0. The summed E-state index contributed by atoms with van der Waals surface area (Å²) in [5.74, 6) is 9.69. The number of ether oxygens (including phenoxy) is 12. The van der Waals surface area contributed by atoms with Gasteiger partial charge in [0.15, 0.2) is 46.0 Å². The fraction of sp³-hybridized carbons (Fsp3) is 0.625. The van der Waals surface area contributed by atoms with Gasteiger partial charge in [-0.3, -0.25) is 0 Å². The second kappa shape index (κ2) is 26.2. The van der Waals surface area contributed by atoms with E-state index in [0.29, 0.717) is 146 Å². The largest absolute Gasteiger partial charge is 0.490 e. The molecule has 0 saturated heterocycles. The zero-order chi connectivity index (χ0) is 51.2. The Morgan fingerprint density at radius 2 is 0.671 bits per heavy atom. The molecule has 11 rings (SSSR count). The topological polar surface area (TPSA) is 111 Å². The molecular weight excluding hydrogens is 961 g/mol. The summed E-state index contributed by atoms with van der Waals surface area (Å²) in [6, 6.07) is 32.2. The first-order chi connectivity index (χ1) is 37.7. The Balaban J connectivity index is 0.925. The Hall–Kier alpha value is -4.88. The van der Waals surface area contributed by atoms with Gasteiger partial charge in [-0.15, -0.1) is 0 Å². The van der Waals surface area contributed by atoms with Crippen LogP contribution in [0.5, 0.6) is 46.0 Å². The van der Waals surface area contributed by atoms with Crippen molar-refractivity contribution in [1.82, 2.24) is 0 Å². The summed E-state index contributed by atoms with van der Waals surface area (Å²) in [6.45, 7) is 6.22. The molecule has 12 nitrogen and oxygen atoms in total. The molecule has 76 heavy (non-hydrogen) atoms. The van der Waals surface area contributed by atoms with Gasteiger partial charge >= 0.3 is 0 Å². The Labute approximate surface area is 452 Å². The number of hydrogen-bond acceptors (Lipinski definition) is 12. The van der Waals surface area contributed by atoms with Crippen LogP contribution in [-0.4, -0.2) is 104 Å². The molecule has 12 heteroatoms. The van der Waals surface area contributed by atoms with E-state index in [1.54, 1.807) is 0 Å². The van der Waals surface area contributed by atoms with Gasteiger partial charge in [-0.05, 0) is 147 Å². The van der Waals surface area contributed by atoms with Crippen LogP contribution in [0.25, 0.3) is 0 Å². The molecule has 5 unspecified atom stereocenters. The monoisotopic (exact) mass is 1040 g/mol. The van der Waals surface area contributed by atoms with Gasteiger partial charge in [0, 0.05) is 6.42 Å². The summed E-state index contributed by atoms with van der Waals surface area (Å²) >= 11 is 0. The Bertz CT molecular complexity index is 2410. The SMILES string of the molecule is c1ccc2c(c1)OCCOCCOc1ccccc1OCC1(OCCO2)C2CC[C@H]3C4CCCC[C@H](C4)[C@@]4(CCOc5ccccc5OCCOCCOc5ccccc5OCCO4)C3CCC[C@H]2C2CCCC[C@@H]1C2. The van der Waals surface area contributed by atoms with Crippen molar-refractivity contribution in [3.05, 3.63) is 97.1 Å².